The van der Waals surface area contributed by atoms with Crippen molar-refractivity contribution in [3.8, 4) is 0 Å². The number of carbonyl (C=O) groups is 1. The van der Waals surface area contributed by atoms with Crippen LogP contribution in [-0.4, -0.2) is 13.1 Å². The maximum absolute atomic E-state index is 11.2. The maximum atomic E-state index is 11.2. The van der Waals surface area contributed by atoms with Crippen molar-refractivity contribution in [3.05, 3.63) is 47.7 Å². The van der Waals surface area contributed by atoms with E-state index < -0.39 is 0 Å². The lowest BCUT2D eigenvalue weighted by molar-refractivity contribution is 0.0600. The van der Waals surface area contributed by atoms with Gasteiger partial charge in [0, 0.05) is 10.5 Å². The molecule has 0 spiro atoms. The Balaban J connectivity index is 2.14. The molecule has 2 rings (SSSR count). The molecule has 0 saturated heterocycles. The van der Waals surface area contributed by atoms with Crippen LogP contribution in [0, 0.1) is 6.92 Å². The monoisotopic (exact) mass is 248 g/mol. The summed E-state index contributed by atoms with van der Waals surface area (Å²) in [6, 6.07) is 9.15. The second-order valence-corrected chi connectivity index (χ2v) is 4.56. The summed E-state index contributed by atoms with van der Waals surface area (Å²) in [6.45, 7) is 1.99. The molecule has 1 heterocycles. The second kappa shape index (κ2) is 5.10. The van der Waals surface area contributed by atoms with Crippen molar-refractivity contribution in [2.75, 3.05) is 7.11 Å². The number of aryl methyl sites for hydroxylation is 1. The van der Waals surface area contributed by atoms with Crippen LogP contribution in [0.4, 0.5) is 0 Å². The zero-order valence-corrected chi connectivity index (χ0v) is 10.4. The predicted molar refractivity (Wildman–Crippen MR) is 65.3 cm³/mol. The minimum absolute atomic E-state index is 0.323. The van der Waals surface area contributed by atoms with E-state index in [9.17, 15) is 4.79 Å². The number of furan rings is 1. The first-order valence-electron chi connectivity index (χ1n) is 5.11. The Hall–Kier alpha value is -1.68. The van der Waals surface area contributed by atoms with E-state index in [-0.39, 0.29) is 5.97 Å². The molecule has 0 radical (unpaired) electrons. The third-order valence-electron chi connectivity index (χ3n) is 2.30. The Bertz CT molecular complexity index is 514. The summed E-state index contributed by atoms with van der Waals surface area (Å²) < 4.78 is 9.98. The fraction of sp³-hybridized carbons (Fsp3) is 0.154. The molecule has 1 aromatic heterocycles. The Morgan fingerprint density at radius 3 is 2.47 bits per heavy atom. The van der Waals surface area contributed by atoms with E-state index in [4.69, 9.17) is 4.42 Å². The largest absolute Gasteiger partial charge is 0.465 e. The topological polar surface area (TPSA) is 39.4 Å². The fourth-order valence-corrected chi connectivity index (χ4v) is 2.17. The van der Waals surface area contributed by atoms with E-state index >= 15 is 0 Å². The van der Waals surface area contributed by atoms with Crippen molar-refractivity contribution in [1.29, 1.82) is 0 Å². The Morgan fingerprint density at radius 1 is 1.24 bits per heavy atom. The lowest BCUT2D eigenvalue weighted by atomic mass is 10.2. The first kappa shape index (κ1) is 11.8. The first-order valence-corrected chi connectivity index (χ1v) is 5.92. The molecular formula is C13H12O3S. The van der Waals surface area contributed by atoms with Crippen molar-refractivity contribution < 1.29 is 13.9 Å². The van der Waals surface area contributed by atoms with Crippen LogP contribution in [0.3, 0.4) is 0 Å². The standard InChI is InChI=1S/C13H12O3S/c1-9-7-8-16-13(9)17-11-5-3-10(4-6-11)12(14)15-2/h3-8H,1-2H3. The lowest BCUT2D eigenvalue weighted by Gasteiger charge is -2.01. The molecule has 0 saturated carbocycles. The number of methoxy groups -OCH3 is 1. The highest BCUT2D eigenvalue weighted by Crippen LogP contribution is 2.30. The minimum Gasteiger partial charge on any atom is -0.465 e. The molecule has 88 valence electrons. The molecule has 0 atom stereocenters. The van der Waals surface area contributed by atoms with E-state index in [2.05, 4.69) is 4.74 Å². The smallest absolute Gasteiger partial charge is 0.337 e. The summed E-state index contributed by atoms with van der Waals surface area (Å²) in [4.78, 5) is 12.3. The van der Waals surface area contributed by atoms with Gasteiger partial charge in [-0.05, 0) is 37.3 Å². The highest BCUT2D eigenvalue weighted by molar-refractivity contribution is 7.99. The van der Waals surface area contributed by atoms with E-state index in [1.54, 1.807) is 18.4 Å². The molecule has 2 aromatic rings. The lowest BCUT2D eigenvalue weighted by Crippen LogP contribution is -2.00. The SMILES string of the molecule is COC(=O)c1ccc(Sc2occc2C)cc1. The molecule has 0 aliphatic rings. The average Bonchev–Trinajstić information content (AvgIpc) is 2.75. The Labute approximate surface area is 104 Å². The Kier molecular flexibility index (Phi) is 3.54. The summed E-state index contributed by atoms with van der Waals surface area (Å²) >= 11 is 1.53. The summed E-state index contributed by atoms with van der Waals surface area (Å²) in [5.41, 5.74) is 1.65. The normalized spacial score (nSPS) is 10.2. The molecule has 0 N–H and O–H groups in total. The third kappa shape index (κ3) is 2.71. The van der Waals surface area contributed by atoms with Crippen LogP contribution >= 0.6 is 11.8 Å². The average molecular weight is 248 g/mol. The highest BCUT2D eigenvalue weighted by atomic mass is 32.2. The number of rotatable bonds is 3. The van der Waals surface area contributed by atoms with Gasteiger partial charge in [0.05, 0.1) is 18.9 Å². The van der Waals surface area contributed by atoms with Crippen molar-refractivity contribution in [3.63, 3.8) is 0 Å². The number of benzene rings is 1. The molecule has 4 heteroatoms. The number of ether oxygens (including phenoxy) is 1. The van der Waals surface area contributed by atoms with Gasteiger partial charge in [-0.15, -0.1) is 0 Å². The summed E-state index contributed by atoms with van der Waals surface area (Å²) in [5, 5.41) is 0.871. The van der Waals surface area contributed by atoms with Gasteiger partial charge in [-0.1, -0.05) is 11.8 Å². The quantitative estimate of drug-likeness (QED) is 0.779. The van der Waals surface area contributed by atoms with Gasteiger partial charge in [-0.25, -0.2) is 4.79 Å². The van der Waals surface area contributed by atoms with Crippen LogP contribution in [0.1, 0.15) is 15.9 Å². The van der Waals surface area contributed by atoms with Gasteiger partial charge in [0.1, 0.15) is 0 Å². The van der Waals surface area contributed by atoms with Gasteiger partial charge in [-0.2, -0.15) is 0 Å². The Morgan fingerprint density at radius 2 is 1.94 bits per heavy atom. The molecule has 0 bridgehead atoms. The van der Waals surface area contributed by atoms with Crippen LogP contribution < -0.4 is 0 Å². The third-order valence-corrected chi connectivity index (χ3v) is 3.41. The summed E-state index contributed by atoms with van der Waals surface area (Å²) in [7, 11) is 1.37. The highest BCUT2D eigenvalue weighted by Gasteiger charge is 2.07. The molecular weight excluding hydrogens is 236 g/mol. The molecule has 0 aliphatic heterocycles. The van der Waals surface area contributed by atoms with Crippen molar-refractivity contribution in [2.45, 2.75) is 16.9 Å². The van der Waals surface area contributed by atoms with Crippen LogP contribution in [0.5, 0.6) is 0 Å². The molecule has 0 aliphatic carbocycles. The number of hydrogen-bond acceptors (Lipinski definition) is 4. The molecule has 0 fully saturated rings. The van der Waals surface area contributed by atoms with Crippen molar-refractivity contribution >= 4 is 17.7 Å². The number of carbonyl (C=O) groups excluding carboxylic acids is 1. The number of esters is 1. The van der Waals surface area contributed by atoms with Crippen LogP contribution in [0.25, 0.3) is 0 Å². The fourth-order valence-electron chi connectivity index (χ4n) is 1.35. The van der Waals surface area contributed by atoms with Gasteiger partial charge in [-0.3, -0.25) is 0 Å². The van der Waals surface area contributed by atoms with Gasteiger partial charge in [0.25, 0.3) is 0 Å². The predicted octanol–water partition coefficient (Wildman–Crippen LogP) is 3.53. The van der Waals surface area contributed by atoms with Crippen molar-refractivity contribution in [1.82, 2.24) is 0 Å². The minimum atomic E-state index is -0.323. The van der Waals surface area contributed by atoms with E-state index in [1.165, 1.54) is 18.9 Å². The van der Waals surface area contributed by atoms with Crippen LogP contribution in [0.15, 0.2) is 51.0 Å². The molecule has 3 nitrogen and oxygen atoms in total. The van der Waals surface area contributed by atoms with Gasteiger partial charge < -0.3 is 9.15 Å². The second-order valence-electron chi connectivity index (χ2n) is 3.51. The molecule has 0 amide bonds. The van der Waals surface area contributed by atoms with E-state index in [1.807, 2.05) is 25.1 Å². The van der Waals surface area contributed by atoms with Gasteiger partial charge in [0.2, 0.25) is 0 Å². The van der Waals surface area contributed by atoms with Gasteiger partial charge >= 0.3 is 5.97 Å². The van der Waals surface area contributed by atoms with E-state index in [0.717, 1.165) is 15.6 Å². The van der Waals surface area contributed by atoms with E-state index in [0.29, 0.717) is 5.56 Å². The van der Waals surface area contributed by atoms with Crippen LogP contribution in [-0.2, 0) is 4.74 Å². The molecule has 0 unspecified atom stereocenters. The molecule has 1 aromatic carbocycles. The van der Waals surface area contributed by atoms with Crippen LogP contribution in [0.2, 0.25) is 0 Å². The molecule has 17 heavy (non-hydrogen) atoms. The first-order chi connectivity index (χ1) is 8.20. The summed E-state index contributed by atoms with van der Waals surface area (Å²) in [6.07, 6.45) is 1.67. The summed E-state index contributed by atoms with van der Waals surface area (Å²) in [5.74, 6) is -0.323. The maximum Gasteiger partial charge on any atom is 0.337 e. The zero-order valence-electron chi connectivity index (χ0n) is 9.60. The van der Waals surface area contributed by atoms with Gasteiger partial charge in [0.15, 0.2) is 5.09 Å². The zero-order chi connectivity index (χ0) is 12.3. The number of hydrogen-bond donors (Lipinski definition) is 0. The van der Waals surface area contributed by atoms with Crippen molar-refractivity contribution in [2.24, 2.45) is 0 Å².